The fourth-order valence-electron chi connectivity index (χ4n) is 3.20. The number of carbonyl (C=O) groups excluding carboxylic acids is 1. The summed E-state index contributed by atoms with van der Waals surface area (Å²) in [6, 6.07) is 10.8. The number of benzene rings is 1. The Morgan fingerprint density at radius 1 is 1.15 bits per heavy atom. The van der Waals surface area contributed by atoms with Crippen LogP contribution in [0.15, 0.2) is 47.1 Å². The van der Waals surface area contributed by atoms with Crippen LogP contribution in [0.2, 0.25) is 0 Å². The van der Waals surface area contributed by atoms with Gasteiger partial charge in [-0.2, -0.15) is 0 Å². The number of nitrogens with zero attached hydrogens (tertiary/aromatic N) is 4. The predicted molar refractivity (Wildman–Crippen MR) is 105 cm³/mol. The highest BCUT2D eigenvalue weighted by Gasteiger charge is 2.24. The molecule has 2 aromatic heterocycles. The summed E-state index contributed by atoms with van der Waals surface area (Å²) in [7, 11) is 0. The quantitative estimate of drug-likeness (QED) is 0.509. The number of H-pyrrole nitrogens is 1. The second-order valence-corrected chi connectivity index (χ2v) is 7.24. The Bertz CT molecular complexity index is 1010. The van der Waals surface area contributed by atoms with Gasteiger partial charge in [0.25, 0.3) is 11.6 Å². The first kappa shape index (κ1) is 17.5. The molecule has 0 saturated carbocycles. The summed E-state index contributed by atoms with van der Waals surface area (Å²) in [4.78, 5) is 34.2. The molecule has 0 radical (unpaired) electrons. The first-order valence-electron chi connectivity index (χ1n) is 8.44. The molecule has 3 aromatic rings. The van der Waals surface area contributed by atoms with Crippen molar-refractivity contribution in [1.82, 2.24) is 14.9 Å². The molecular weight excluding hydrogens is 414 g/mol. The molecule has 1 saturated heterocycles. The van der Waals surface area contributed by atoms with Crippen LogP contribution >= 0.6 is 15.9 Å². The third kappa shape index (κ3) is 3.50. The van der Waals surface area contributed by atoms with Gasteiger partial charge in [0.2, 0.25) is 0 Å². The second kappa shape index (κ2) is 6.99. The number of pyridine rings is 1. The molecule has 1 aliphatic rings. The van der Waals surface area contributed by atoms with Crippen molar-refractivity contribution in [3.05, 3.63) is 62.9 Å². The van der Waals surface area contributed by atoms with Crippen LogP contribution in [0.25, 0.3) is 10.9 Å². The fraction of sp³-hybridized carbons (Fsp3) is 0.222. The second-order valence-electron chi connectivity index (χ2n) is 6.33. The number of hydrogen-bond acceptors (Lipinski definition) is 5. The van der Waals surface area contributed by atoms with E-state index in [0.717, 1.165) is 15.4 Å². The van der Waals surface area contributed by atoms with Gasteiger partial charge in [-0.25, -0.2) is 4.98 Å². The SMILES string of the molecule is O=C(c1cc2cc(Br)ccc2[nH]1)N1CCN(c2ccc([N+](=O)[O-])cn2)CC1. The molecule has 27 heavy (non-hydrogen) atoms. The maximum atomic E-state index is 12.8. The van der Waals surface area contributed by atoms with Crippen molar-refractivity contribution >= 4 is 44.2 Å². The van der Waals surface area contributed by atoms with Crippen LogP contribution in [0.5, 0.6) is 0 Å². The van der Waals surface area contributed by atoms with Crippen molar-refractivity contribution < 1.29 is 9.72 Å². The van der Waals surface area contributed by atoms with E-state index in [9.17, 15) is 14.9 Å². The average molecular weight is 430 g/mol. The molecule has 1 aliphatic heterocycles. The van der Waals surface area contributed by atoms with E-state index < -0.39 is 4.92 Å². The topological polar surface area (TPSA) is 95.4 Å². The lowest BCUT2D eigenvalue weighted by atomic mass is 10.2. The molecule has 0 atom stereocenters. The van der Waals surface area contributed by atoms with Gasteiger partial charge in [-0.05, 0) is 30.3 Å². The summed E-state index contributed by atoms with van der Waals surface area (Å²) >= 11 is 3.44. The fourth-order valence-corrected chi connectivity index (χ4v) is 3.58. The maximum Gasteiger partial charge on any atom is 0.287 e. The highest BCUT2D eigenvalue weighted by atomic mass is 79.9. The van der Waals surface area contributed by atoms with E-state index in [0.29, 0.717) is 37.7 Å². The Hall–Kier alpha value is -2.94. The highest BCUT2D eigenvalue weighted by Crippen LogP contribution is 2.22. The summed E-state index contributed by atoms with van der Waals surface area (Å²) in [6.07, 6.45) is 1.26. The highest BCUT2D eigenvalue weighted by molar-refractivity contribution is 9.10. The largest absolute Gasteiger partial charge is 0.353 e. The molecule has 9 heteroatoms. The standard InChI is InChI=1S/C18H16BrN5O3/c19-13-1-3-15-12(9-13)10-16(21-15)18(25)23-7-5-22(6-8-23)17-4-2-14(11-20-17)24(26)27/h1-4,9-11,21H,5-8H2. The average Bonchev–Trinajstić information content (AvgIpc) is 3.11. The third-order valence-corrected chi connectivity index (χ3v) is 5.14. The number of rotatable bonds is 3. The number of carbonyl (C=O) groups is 1. The molecule has 0 spiro atoms. The molecule has 138 valence electrons. The van der Waals surface area contributed by atoms with Crippen molar-refractivity contribution in [3.63, 3.8) is 0 Å². The summed E-state index contributed by atoms with van der Waals surface area (Å²) in [5.41, 5.74) is 1.47. The number of nitrogens with one attached hydrogen (secondary N) is 1. The van der Waals surface area contributed by atoms with Gasteiger partial charge >= 0.3 is 0 Å². The summed E-state index contributed by atoms with van der Waals surface area (Å²) in [5.74, 6) is 0.654. The van der Waals surface area contributed by atoms with Crippen molar-refractivity contribution in [1.29, 1.82) is 0 Å². The Morgan fingerprint density at radius 2 is 1.93 bits per heavy atom. The number of amides is 1. The molecular formula is C18H16BrN5O3. The van der Waals surface area contributed by atoms with E-state index in [2.05, 4.69) is 25.9 Å². The lowest BCUT2D eigenvalue weighted by Gasteiger charge is -2.35. The molecule has 4 rings (SSSR count). The molecule has 3 heterocycles. The minimum Gasteiger partial charge on any atom is -0.353 e. The van der Waals surface area contributed by atoms with Crippen LogP contribution in [0.4, 0.5) is 11.5 Å². The molecule has 0 unspecified atom stereocenters. The zero-order valence-corrected chi connectivity index (χ0v) is 15.8. The van der Waals surface area contributed by atoms with Crippen molar-refractivity contribution in [2.45, 2.75) is 0 Å². The Kier molecular flexibility index (Phi) is 4.53. The van der Waals surface area contributed by atoms with Crippen LogP contribution in [0.1, 0.15) is 10.5 Å². The normalized spacial score (nSPS) is 14.6. The van der Waals surface area contributed by atoms with Gasteiger partial charge < -0.3 is 14.8 Å². The predicted octanol–water partition coefficient (Wildman–Crippen LogP) is 3.20. The Balaban J connectivity index is 1.43. The molecule has 1 amide bonds. The van der Waals surface area contributed by atoms with Gasteiger partial charge in [0.05, 0.1) is 4.92 Å². The van der Waals surface area contributed by atoms with Gasteiger partial charge in [-0.1, -0.05) is 15.9 Å². The molecule has 1 fully saturated rings. The smallest absolute Gasteiger partial charge is 0.287 e. The van der Waals surface area contributed by atoms with E-state index in [1.54, 1.807) is 6.07 Å². The number of aromatic amines is 1. The van der Waals surface area contributed by atoms with Crippen LogP contribution in [0.3, 0.4) is 0 Å². The molecule has 0 aliphatic carbocycles. The van der Waals surface area contributed by atoms with Crippen LogP contribution < -0.4 is 4.90 Å². The Labute approximate surface area is 163 Å². The van der Waals surface area contributed by atoms with Gasteiger partial charge in [-0.3, -0.25) is 14.9 Å². The molecule has 8 nitrogen and oxygen atoms in total. The number of nitro groups is 1. The molecule has 0 bridgehead atoms. The van der Waals surface area contributed by atoms with E-state index in [1.807, 2.05) is 34.1 Å². The maximum absolute atomic E-state index is 12.8. The summed E-state index contributed by atoms with van der Waals surface area (Å²) < 4.78 is 0.970. The lowest BCUT2D eigenvalue weighted by molar-refractivity contribution is -0.385. The van der Waals surface area contributed by atoms with Gasteiger partial charge in [0.15, 0.2) is 0 Å². The third-order valence-electron chi connectivity index (χ3n) is 4.65. The van der Waals surface area contributed by atoms with E-state index in [-0.39, 0.29) is 11.6 Å². The summed E-state index contributed by atoms with van der Waals surface area (Å²) in [5, 5.41) is 11.7. The van der Waals surface area contributed by atoms with Crippen molar-refractivity contribution in [3.8, 4) is 0 Å². The van der Waals surface area contributed by atoms with E-state index in [1.165, 1.54) is 12.3 Å². The van der Waals surface area contributed by atoms with Gasteiger partial charge in [-0.15, -0.1) is 0 Å². The number of hydrogen-bond donors (Lipinski definition) is 1. The number of anilines is 1. The number of halogens is 1. The minimum atomic E-state index is -0.466. The van der Waals surface area contributed by atoms with E-state index >= 15 is 0 Å². The van der Waals surface area contributed by atoms with Crippen LogP contribution in [-0.2, 0) is 0 Å². The number of aromatic nitrogens is 2. The first-order chi connectivity index (χ1) is 13.0. The van der Waals surface area contributed by atoms with Crippen LogP contribution in [0, 0.1) is 10.1 Å². The van der Waals surface area contributed by atoms with E-state index in [4.69, 9.17) is 0 Å². The summed E-state index contributed by atoms with van der Waals surface area (Å²) in [6.45, 7) is 2.39. The van der Waals surface area contributed by atoms with Crippen LogP contribution in [-0.4, -0.2) is 51.9 Å². The molecule has 1 aromatic carbocycles. The van der Waals surface area contributed by atoms with Crippen molar-refractivity contribution in [2.75, 3.05) is 31.1 Å². The zero-order valence-electron chi connectivity index (χ0n) is 14.3. The minimum absolute atomic E-state index is 0.0290. The number of piperazine rings is 1. The van der Waals surface area contributed by atoms with Gasteiger partial charge in [0, 0.05) is 47.6 Å². The van der Waals surface area contributed by atoms with Crippen molar-refractivity contribution in [2.24, 2.45) is 0 Å². The zero-order chi connectivity index (χ0) is 19.0. The lowest BCUT2D eigenvalue weighted by Crippen LogP contribution is -2.49. The number of fused-ring (bicyclic) bond motifs is 1. The first-order valence-corrected chi connectivity index (χ1v) is 9.23. The Morgan fingerprint density at radius 3 is 2.59 bits per heavy atom. The molecule has 1 N–H and O–H groups in total. The monoisotopic (exact) mass is 429 g/mol. The van der Waals surface area contributed by atoms with Gasteiger partial charge in [0.1, 0.15) is 17.7 Å².